The quantitative estimate of drug-likeness (QED) is 0.795. The fourth-order valence-corrected chi connectivity index (χ4v) is 3.69. The van der Waals surface area contributed by atoms with Crippen molar-refractivity contribution >= 4 is 41.4 Å². The molecule has 1 aromatic carbocycles. The highest BCUT2D eigenvalue weighted by Crippen LogP contribution is 2.30. The van der Waals surface area contributed by atoms with Gasteiger partial charge in [0, 0.05) is 28.2 Å². The Morgan fingerprint density at radius 3 is 2.47 bits per heavy atom. The second kappa shape index (κ2) is 5.16. The van der Waals surface area contributed by atoms with E-state index >= 15 is 0 Å². The van der Waals surface area contributed by atoms with Gasteiger partial charge in [0.2, 0.25) is 9.05 Å². The van der Waals surface area contributed by atoms with Crippen LogP contribution in [0.3, 0.4) is 0 Å². The summed E-state index contributed by atoms with van der Waals surface area (Å²) in [7, 11) is 1.75. The molecule has 6 heteroatoms. The number of halogens is 2. The predicted molar refractivity (Wildman–Crippen MR) is 74.1 cm³/mol. The number of benzene rings is 1. The molecule has 0 saturated carbocycles. The molecule has 1 heterocycles. The highest BCUT2D eigenvalue weighted by atomic mass is 79.9. The maximum Gasteiger partial charge on any atom is 0.236 e. The molecule has 1 aliphatic heterocycles. The van der Waals surface area contributed by atoms with Crippen molar-refractivity contribution in [3.8, 4) is 0 Å². The SMILES string of the molecule is O=S(=O)(Cl)Cc1ccc(N2CCCC2)c(Br)c1. The summed E-state index contributed by atoms with van der Waals surface area (Å²) >= 11 is 3.49. The molecule has 0 atom stereocenters. The van der Waals surface area contributed by atoms with Crippen LogP contribution < -0.4 is 4.90 Å². The summed E-state index contributed by atoms with van der Waals surface area (Å²) in [5.41, 5.74) is 1.83. The zero-order chi connectivity index (χ0) is 12.5. The first-order valence-corrected chi connectivity index (χ1v) is 8.68. The highest BCUT2D eigenvalue weighted by Gasteiger charge is 2.16. The number of hydrogen-bond donors (Lipinski definition) is 0. The Bertz CT molecular complexity index is 512. The van der Waals surface area contributed by atoms with Crippen LogP contribution in [0.25, 0.3) is 0 Å². The molecular weight excluding hydrogens is 326 g/mol. The highest BCUT2D eigenvalue weighted by molar-refractivity contribution is 9.10. The zero-order valence-corrected chi connectivity index (χ0v) is 12.4. The van der Waals surface area contributed by atoms with Crippen LogP contribution in [0.5, 0.6) is 0 Å². The van der Waals surface area contributed by atoms with E-state index in [1.165, 1.54) is 12.8 Å². The lowest BCUT2D eigenvalue weighted by Crippen LogP contribution is -2.18. The number of nitrogens with zero attached hydrogens (tertiary/aromatic N) is 1. The van der Waals surface area contributed by atoms with Gasteiger partial charge in [0.15, 0.2) is 0 Å². The number of anilines is 1. The van der Waals surface area contributed by atoms with Crippen molar-refractivity contribution in [2.24, 2.45) is 0 Å². The summed E-state index contributed by atoms with van der Waals surface area (Å²) in [6.45, 7) is 2.12. The average Bonchev–Trinajstić information content (AvgIpc) is 2.68. The molecule has 1 saturated heterocycles. The van der Waals surface area contributed by atoms with Gasteiger partial charge >= 0.3 is 0 Å². The molecule has 3 nitrogen and oxygen atoms in total. The van der Waals surface area contributed by atoms with Crippen molar-refractivity contribution in [2.45, 2.75) is 18.6 Å². The largest absolute Gasteiger partial charge is 0.371 e. The molecular formula is C11H13BrClNO2S. The van der Waals surface area contributed by atoms with Gasteiger partial charge in [-0.15, -0.1) is 0 Å². The van der Waals surface area contributed by atoms with Crippen LogP contribution in [0.15, 0.2) is 22.7 Å². The van der Waals surface area contributed by atoms with Gasteiger partial charge in [-0.1, -0.05) is 6.07 Å². The second-order valence-electron chi connectivity index (χ2n) is 4.16. The van der Waals surface area contributed by atoms with E-state index < -0.39 is 9.05 Å². The van der Waals surface area contributed by atoms with E-state index in [0.29, 0.717) is 5.56 Å². The number of hydrogen-bond acceptors (Lipinski definition) is 3. The van der Waals surface area contributed by atoms with Crippen molar-refractivity contribution in [2.75, 3.05) is 18.0 Å². The van der Waals surface area contributed by atoms with E-state index in [1.807, 2.05) is 18.2 Å². The van der Waals surface area contributed by atoms with E-state index in [2.05, 4.69) is 20.8 Å². The van der Waals surface area contributed by atoms with Crippen LogP contribution >= 0.6 is 26.6 Å². The molecule has 0 spiro atoms. The van der Waals surface area contributed by atoms with Gasteiger partial charge in [0.1, 0.15) is 0 Å². The maximum atomic E-state index is 11.0. The normalized spacial score (nSPS) is 16.5. The van der Waals surface area contributed by atoms with Gasteiger partial charge in [-0.3, -0.25) is 0 Å². The van der Waals surface area contributed by atoms with Gasteiger partial charge in [-0.25, -0.2) is 8.42 Å². The minimum atomic E-state index is -3.49. The first kappa shape index (κ1) is 13.2. The summed E-state index contributed by atoms with van der Waals surface area (Å²) in [4.78, 5) is 2.29. The van der Waals surface area contributed by atoms with E-state index in [-0.39, 0.29) is 5.75 Å². The minimum absolute atomic E-state index is 0.132. The molecule has 1 aromatic rings. The molecule has 0 aliphatic carbocycles. The molecule has 94 valence electrons. The van der Waals surface area contributed by atoms with Gasteiger partial charge < -0.3 is 4.90 Å². The van der Waals surface area contributed by atoms with Crippen molar-refractivity contribution in [3.63, 3.8) is 0 Å². The Labute approximate surface area is 114 Å². The van der Waals surface area contributed by atoms with Crippen LogP contribution in [0.4, 0.5) is 5.69 Å². The van der Waals surface area contributed by atoms with E-state index in [0.717, 1.165) is 23.2 Å². The van der Waals surface area contributed by atoms with E-state index in [1.54, 1.807) is 0 Å². The zero-order valence-electron chi connectivity index (χ0n) is 9.20. The Hall–Kier alpha value is -0.260. The van der Waals surface area contributed by atoms with Crippen LogP contribution in [-0.2, 0) is 14.8 Å². The fraction of sp³-hybridized carbons (Fsp3) is 0.455. The lowest BCUT2D eigenvalue weighted by molar-refractivity contribution is 0.609. The molecule has 17 heavy (non-hydrogen) atoms. The first-order chi connectivity index (χ1) is 7.96. The lowest BCUT2D eigenvalue weighted by Gasteiger charge is -2.19. The second-order valence-corrected chi connectivity index (χ2v) is 7.79. The van der Waals surface area contributed by atoms with Crippen LogP contribution in [-0.4, -0.2) is 21.5 Å². The molecule has 0 amide bonds. The minimum Gasteiger partial charge on any atom is -0.371 e. The Morgan fingerprint density at radius 2 is 1.94 bits per heavy atom. The number of rotatable bonds is 3. The van der Waals surface area contributed by atoms with E-state index in [9.17, 15) is 8.42 Å². The Balaban J connectivity index is 2.22. The smallest absolute Gasteiger partial charge is 0.236 e. The molecule has 0 bridgehead atoms. The molecule has 0 N–H and O–H groups in total. The fourth-order valence-electron chi connectivity index (χ4n) is 2.05. The van der Waals surface area contributed by atoms with Crippen molar-refractivity contribution < 1.29 is 8.42 Å². The lowest BCUT2D eigenvalue weighted by atomic mass is 10.2. The van der Waals surface area contributed by atoms with Gasteiger partial charge in [0.25, 0.3) is 0 Å². The van der Waals surface area contributed by atoms with Crippen molar-refractivity contribution in [1.82, 2.24) is 0 Å². The van der Waals surface area contributed by atoms with Crippen molar-refractivity contribution in [1.29, 1.82) is 0 Å². The third-order valence-electron chi connectivity index (χ3n) is 2.80. The monoisotopic (exact) mass is 337 g/mol. The topological polar surface area (TPSA) is 37.4 Å². The molecule has 1 fully saturated rings. The molecule has 0 aromatic heterocycles. The Kier molecular flexibility index (Phi) is 4.00. The first-order valence-electron chi connectivity index (χ1n) is 5.41. The van der Waals surface area contributed by atoms with Gasteiger partial charge in [0.05, 0.1) is 11.4 Å². The predicted octanol–water partition coefficient (Wildman–Crippen LogP) is 3.12. The van der Waals surface area contributed by atoms with Crippen LogP contribution in [0.2, 0.25) is 0 Å². The molecule has 2 rings (SSSR count). The summed E-state index contributed by atoms with van der Waals surface area (Å²) in [5.74, 6) is -0.132. The Morgan fingerprint density at radius 1 is 1.29 bits per heavy atom. The third-order valence-corrected chi connectivity index (χ3v) is 4.44. The third kappa shape index (κ3) is 3.60. The van der Waals surface area contributed by atoms with E-state index in [4.69, 9.17) is 10.7 Å². The molecule has 0 radical (unpaired) electrons. The van der Waals surface area contributed by atoms with Crippen molar-refractivity contribution in [3.05, 3.63) is 28.2 Å². The molecule has 0 unspecified atom stereocenters. The summed E-state index contributed by atoms with van der Waals surface area (Å²) in [6.07, 6.45) is 2.43. The van der Waals surface area contributed by atoms with Gasteiger partial charge in [-0.2, -0.15) is 0 Å². The summed E-state index contributed by atoms with van der Waals surface area (Å²) in [5, 5.41) is 0. The summed E-state index contributed by atoms with van der Waals surface area (Å²) < 4.78 is 22.9. The van der Waals surface area contributed by atoms with Gasteiger partial charge in [-0.05, 0) is 46.5 Å². The maximum absolute atomic E-state index is 11.0. The average molecular weight is 339 g/mol. The summed E-state index contributed by atoms with van der Waals surface area (Å²) in [6, 6.07) is 5.60. The van der Waals surface area contributed by atoms with Crippen LogP contribution in [0.1, 0.15) is 18.4 Å². The molecule has 1 aliphatic rings. The standard InChI is InChI=1S/C11H13BrClNO2S/c12-10-7-9(8-17(13,15)16)3-4-11(10)14-5-1-2-6-14/h3-4,7H,1-2,5-6,8H2. The van der Waals surface area contributed by atoms with Crippen LogP contribution in [0, 0.1) is 0 Å².